The van der Waals surface area contributed by atoms with Crippen molar-refractivity contribution in [2.24, 2.45) is 0 Å². The van der Waals surface area contributed by atoms with Crippen LogP contribution in [0.2, 0.25) is 0 Å². The molecule has 30 heavy (non-hydrogen) atoms. The lowest BCUT2D eigenvalue weighted by molar-refractivity contribution is -0.274. The van der Waals surface area contributed by atoms with Crippen LogP contribution in [0.25, 0.3) is 11.4 Å². The lowest BCUT2D eigenvalue weighted by atomic mass is 10.1. The second-order valence-corrected chi connectivity index (χ2v) is 6.87. The minimum atomic E-state index is -4.70. The fraction of sp³-hybridized carbons (Fsp3) is 0.350. The molecule has 2 aromatic heterocycles. The molecular weight excluding hydrogens is 401 g/mol. The first kappa shape index (κ1) is 20.1. The summed E-state index contributed by atoms with van der Waals surface area (Å²) in [5.74, 6) is 1.21. The third-order valence-corrected chi connectivity index (χ3v) is 4.84. The van der Waals surface area contributed by atoms with Crippen LogP contribution in [0, 0.1) is 0 Å². The maximum absolute atomic E-state index is 12.3. The van der Waals surface area contributed by atoms with E-state index in [0.717, 1.165) is 30.5 Å². The highest BCUT2D eigenvalue weighted by molar-refractivity contribution is 5.53. The number of pyridine rings is 1. The predicted molar refractivity (Wildman–Crippen MR) is 99.6 cm³/mol. The van der Waals surface area contributed by atoms with Gasteiger partial charge in [-0.25, -0.2) is 4.98 Å². The van der Waals surface area contributed by atoms with E-state index >= 15 is 0 Å². The average Bonchev–Trinajstić information content (AvgIpc) is 3.38. The zero-order valence-corrected chi connectivity index (χ0v) is 16.1. The third-order valence-electron chi connectivity index (χ3n) is 4.84. The Morgan fingerprint density at radius 3 is 2.63 bits per heavy atom. The van der Waals surface area contributed by atoms with Crippen LogP contribution in [0.3, 0.4) is 0 Å². The summed E-state index contributed by atoms with van der Waals surface area (Å²) in [4.78, 5) is 10.8. The summed E-state index contributed by atoms with van der Waals surface area (Å²) in [6, 6.07) is 9.35. The van der Waals surface area contributed by atoms with Gasteiger partial charge < -0.3 is 14.0 Å². The first-order valence-corrected chi connectivity index (χ1v) is 9.34. The minimum absolute atomic E-state index is 0.0523. The second kappa shape index (κ2) is 8.31. The number of likely N-dealkylation sites (tertiary alicyclic amines) is 1. The zero-order chi connectivity index (χ0) is 21.1. The van der Waals surface area contributed by atoms with Crippen LogP contribution in [0.1, 0.15) is 30.3 Å². The molecule has 1 aliphatic heterocycles. The van der Waals surface area contributed by atoms with Gasteiger partial charge in [0.25, 0.3) is 0 Å². The topological polar surface area (TPSA) is 73.5 Å². The molecule has 4 rings (SSSR count). The van der Waals surface area contributed by atoms with Crippen molar-refractivity contribution in [1.29, 1.82) is 0 Å². The summed E-state index contributed by atoms with van der Waals surface area (Å²) in [5, 5.41) is 4.06. The fourth-order valence-electron chi connectivity index (χ4n) is 3.45. The standard InChI is InChI=1S/C20H19F3N4O3/c1-28-17-9-6-14(11-24-17)18-25-19(30-26-18)16-3-2-10-27(16)12-13-4-7-15(8-5-13)29-20(21,22)23/h4-9,11,16H,2-3,10,12H2,1H3/t16-/m1/s1. The lowest BCUT2D eigenvalue weighted by Crippen LogP contribution is -2.23. The summed E-state index contributed by atoms with van der Waals surface area (Å²) in [5.41, 5.74) is 1.59. The first-order valence-electron chi connectivity index (χ1n) is 9.34. The van der Waals surface area contributed by atoms with E-state index in [2.05, 4.69) is 24.8 Å². The van der Waals surface area contributed by atoms with Crippen LogP contribution in [-0.4, -0.2) is 40.0 Å². The van der Waals surface area contributed by atoms with Gasteiger partial charge in [0.15, 0.2) is 0 Å². The quantitative estimate of drug-likeness (QED) is 0.586. The molecule has 0 aliphatic carbocycles. The number of aromatic nitrogens is 3. The van der Waals surface area contributed by atoms with E-state index in [1.807, 2.05) is 0 Å². The number of alkyl halides is 3. The molecule has 158 valence electrons. The predicted octanol–water partition coefficient (Wildman–Crippen LogP) is 4.38. The SMILES string of the molecule is COc1ccc(-c2noc([C@H]3CCCN3Cc3ccc(OC(F)(F)F)cc3)n2)cn1. The molecule has 0 radical (unpaired) electrons. The number of nitrogens with zero attached hydrogens (tertiary/aromatic N) is 4. The van der Waals surface area contributed by atoms with E-state index in [-0.39, 0.29) is 11.8 Å². The molecule has 1 atom stereocenters. The van der Waals surface area contributed by atoms with Crippen LogP contribution >= 0.6 is 0 Å². The zero-order valence-electron chi connectivity index (χ0n) is 16.1. The van der Waals surface area contributed by atoms with Gasteiger partial charge in [-0.15, -0.1) is 13.2 Å². The van der Waals surface area contributed by atoms with E-state index in [4.69, 9.17) is 9.26 Å². The molecule has 3 aromatic rings. The molecule has 0 unspecified atom stereocenters. The van der Waals surface area contributed by atoms with Crippen LogP contribution in [0.15, 0.2) is 47.1 Å². The van der Waals surface area contributed by atoms with E-state index in [1.165, 1.54) is 12.1 Å². The fourth-order valence-corrected chi connectivity index (χ4v) is 3.45. The molecule has 1 aromatic carbocycles. The summed E-state index contributed by atoms with van der Waals surface area (Å²) >= 11 is 0. The van der Waals surface area contributed by atoms with E-state index in [9.17, 15) is 13.2 Å². The highest BCUT2D eigenvalue weighted by atomic mass is 19.4. The molecule has 1 saturated heterocycles. The van der Waals surface area contributed by atoms with Crippen LogP contribution in [-0.2, 0) is 6.54 Å². The van der Waals surface area contributed by atoms with Crippen molar-refractivity contribution in [3.8, 4) is 23.0 Å². The highest BCUT2D eigenvalue weighted by Gasteiger charge is 2.32. The van der Waals surface area contributed by atoms with Crippen molar-refractivity contribution in [3.05, 3.63) is 54.0 Å². The van der Waals surface area contributed by atoms with Gasteiger partial charge in [0.05, 0.1) is 13.2 Å². The van der Waals surface area contributed by atoms with E-state index in [1.54, 1.807) is 37.6 Å². The van der Waals surface area contributed by atoms with E-state index in [0.29, 0.717) is 24.1 Å². The second-order valence-electron chi connectivity index (χ2n) is 6.87. The molecule has 1 aliphatic rings. The maximum Gasteiger partial charge on any atom is 0.573 e. The molecular formula is C20H19F3N4O3. The number of benzene rings is 1. The van der Waals surface area contributed by atoms with Gasteiger partial charge in [0.2, 0.25) is 17.6 Å². The molecule has 0 spiro atoms. The molecule has 0 bridgehead atoms. The van der Waals surface area contributed by atoms with Gasteiger partial charge in [0, 0.05) is 24.4 Å². The Kier molecular flexibility index (Phi) is 5.58. The summed E-state index contributed by atoms with van der Waals surface area (Å²) < 4.78 is 51.4. The Hall–Kier alpha value is -3.14. The normalized spacial score (nSPS) is 17.3. The summed E-state index contributed by atoms with van der Waals surface area (Å²) in [6.07, 6.45) is -1.26. The first-order chi connectivity index (χ1) is 14.4. The van der Waals surface area contributed by atoms with Crippen molar-refractivity contribution in [2.75, 3.05) is 13.7 Å². The van der Waals surface area contributed by atoms with Crippen LogP contribution in [0.5, 0.6) is 11.6 Å². The average molecular weight is 420 g/mol. The third kappa shape index (κ3) is 4.70. The minimum Gasteiger partial charge on any atom is -0.481 e. The monoisotopic (exact) mass is 420 g/mol. The van der Waals surface area contributed by atoms with Gasteiger partial charge >= 0.3 is 6.36 Å². The lowest BCUT2D eigenvalue weighted by Gasteiger charge is -2.21. The molecule has 0 N–H and O–H groups in total. The molecule has 3 heterocycles. The van der Waals surface area contributed by atoms with Gasteiger partial charge in [0.1, 0.15) is 5.75 Å². The number of ether oxygens (including phenoxy) is 2. The smallest absolute Gasteiger partial charge is 0.481 e. The van der Waals surface area contributed by atoms with Gasteiger partial charge in [-0.2, -0.15) is 4.98 Å². The molecule has 0 saturated carbocycles. The Morgan fingerprint density at radius 1 is 1.17 bits per heavy atom. The highest BCUT2D eigenvalue weighted by Crippen LogP contribution is 2.33. The molecule has 0 amide bonds. The van der Waals surface area contributed by atoms with Crippen LogP contribution in [0.4, 0.5) is 13.2 Å². The number of halogens is 3. The van der Waals surface area contributed by atoms with Crippen molar-refractivity contribution in [3.63, 3.8) is 0 Å². The van der Waals surface area contributed by atoms with Gasteiger partial charge in [-0.1, -0.05) is 17.3 Å². The van der Waals surface area contributed by atoms with Gasteiger partial charge in [-0.05, 0) is 43.1 Å². The van der Waals surface area contributed by atoms with Gasteiger partial charge in [-0.3, -0.25) is 4.90 Å². The number of rotatable bonds is 6. The Balaban J connectivity index is 1.44. The Labute approximate surface area is 170 Å². The van der Waals surface area contributed by atoms with Crippen molar-refractivity contribution < 1.29 is 27.2 Å². The Bertz CT molecular complexity index is 974. The van der Waals surface area contributed by atoms with Crippen molar-refractivity contribution in [2.45, 2.75) is 31.8 Å². The maximum atomic E-state index is 12.3. The molecule has 1 fully saturated rings. The Morgan fingerprint density at radius 2 is 1.97 bits per heavy atom. The van der Waals surface area contributed by atoms with Crippen molar-refractivity contribution in [1.82, 2.24) is 20.0 Å². The molecule has 10 heteroatoms. The summed E-state index contributed by atoms with van der Waals surface area (Å²) in [6.45, 7) is 1.38. The van der Waals surface area contributed by atoms with Crippen LogP contribution < -0.4 is 9.47 Å². The summed E-state index contributed by atoms with van der Waals surface area (Å²) in [7, 11) is 1.54. The molecule has 7 nitrogen and oxygen atoms in total. The van der Waals surface area contributed by atoms with Crippen molar-refractivity contribution >= 4 is 0 Å². The number of hydrogen-bond donors (Lipinski definition) is 0. The van der Waals surface area contributed by atoms with E-state index < -0.39 is 6.36 Å². The number of hydrogen-bond acceptors (Lipinski definition) is 7. The number of methoxy groups -OCH3 is 1. The largest absolute Gasteiger partial charge is 0.573 e.